The van der Waals surface area contributed by atoms with Gasteiger partial charge in [0.05, 0.1) is 17.7 Å². The summed E-state index contributed by atoms with van der Waals surface area (Å²) >= 11 is 3.08. The van der Waals surface area contributed by atoms with Crippen LogP contribution in [0.2, 0.25) is 0 Å². The first-order valence-electron chi connectivity index (χ1n) is 9.41. The van der Waals surface area contributed by atoms with Crippen molar-refractivity contribution in [1.29, 1.82) is 0 Å². The van der Waals surface area contributed by atoms with Gasteiger partial charge in [0.15, 0.2) is 5.13 Å². The second kappa shape index (κ2) is 8.00. The van der Waals surface area contributed by atoms with Crippen molar-refractivity contribution in [3.8, 4) is 0 Å². The number of rotatable bonds is 4. The van der Waals surface area contributed by atoms with E-state index >= 15 is 0 Å². The fourth-order valence-corrected chi connectivity index (χ4v) is 5.39. The summed E-state index contributed by atoms with van der Waals surface area (Å²) in [6, 6.07) is 0. The zero-order valence-electron chi connectivity index (χ0n) is 16.3. The first kappa shape index (κ1) is 19.1. The Morgan fingerprint density at radius 1 is 1.18 bits per heavy atom. The Labute approximate surface area is 172 Å². The summed E-state index contributed by atoms with van der Waals surface area (Å²) in [5, 5.41) is 4.15. The van der Waals surface area contributed by atoms with Crippen LogP contribution < -0.4 is 9.80 Å². The molecule has 0 radical (unpaired) electrons. The lowest BCUT2D eigenvalue weighted by molar-refractivity contribution is 0.0531. The molecule has 0 unspecified atom stereocenters. The van der Waals surface area contributed by atoms with Crippen LogP contribution in [0.1, 0.15) is 34.3 Å². The lowest BCUT2D eigenvalue weighted by atomic mass is 10.2. The number of fused-ring (bicyclic) bond motifs is 1. The average molecular weight is 418 g/mol. The van der Waals surface area contributed by atoms with Crippen LogP contribution in [0.25, 0.3) is 10.2 Å². The van der Waals surface area contributed by atoms with Crippen LogP contribution in [0.15, 0.2) is 11.7 Å². The van der Waals surface area contributed by atoms with Gasteiger partial charge in [0.1, 0.15) is 21.9 Å². The maximum Gasteiger partial charge on any atom is 0.348 e. The molecule has 0 amide bonds. The predicted molar refractivity (Wildman–Crippen MR) is 114 cm³/mol. The predicted octanol–water partition coefficient (Wildman–Crippen LogP) is 3.66. The minimum absolute atomic E-state index is 0.282. The number of aryl methyl sites for hydroxylation is 2. The molecule has 3 aromatic heterocycles. The van der Waals surface area contributed by atoms with Crippen molar-refractivity contribution >= 4 is 49.8 Å². The summed E-state index contributed by atoms with van der Waals surface area (Å²) in [5.74, 6) is 0.626. The molecule has 1 aliphatic rings. The third-order valence-corrected chi connectivity index (χ3v) is 7.04. The van der Waals surface area contributed by atoms with Gasteiger partial charge in [-0.05, 0) is 32.8 Å². The number of anilines is 2. The molecule has 7 nitrogen and oxygen atoms in total. The first-order chi connectivity index (χ1) is 13.6. The lowest BCUT2D eigenvalue weighted by Gasteiger charge is -2.23. The van der Waals surface area contributed by atoms with Crippen LogP contribution in [-0.2, 0) is 4.74 Å². The number of aromatic nitrogens is 3. The summed E-state index contributed by atoms with van der Waals surface area (Å²) in [6.45, 7) is 9.82. The van der Waals surface area contributed by atoms with Crippen molar-refractivity contribution < 1.29 is 9.53 Å². The van der Waals surface area contributed by atoms with Gasteiger partial charge in [-0.25, -0.2) is 19.7 Å². The number of hydrogen-bond acceptors (Lipinski definition) is 9. The lowest BCUT2D eigenvalue weighted by Crippen LogP contribution is -2.31. The molecule has 0 bridgehead atoms. The van der Waals surface area contributed by atoms with Crippen molar-refractivity contribution in [3.05, 3.63) is 27.8 Å². The van der Waals surface area contributed by atoms with E-state index in [0.717, 1.165) is 65.0 Å². The zero-order chi connectivity index (χ0) is 19.7. The Kier molecular flexibility index (Phi) is 5.45. The number of esters is 1. The normalized spacial score (nSPS) is 15.1. The molecular weight excluding hydrogens is 394 g/mol. The number of hydrogen-bond donors (Lipinski definition) is 0. The highest BCUT2D eigenvalue weighted by Crippen LogP contribution is 2.35. The highest BCUT2D eigenvalue weighted by molar-refractivity contribution is 7.20. The van der Waals surface area contributed by atoms with E-state index in [9.17, 15) is 4.79 Å². The van der Waals surface area contributed by atoms with Gasteiger partial charge in [-0.2, -0.15) is 0 Å². The van der Waals surface area contributed by atoms with Crippen molar-refractivity contribution in [1.82, 2.24) is 15.0 Å². The van der Waals surface area contributed by atoms with Crippen LogP contribution in [0, 0.1) is 13.8 Å². The molecule has 9 heteroatoms. The van der Waals surface area contributed by atoms with E-state index in [0.29, 0.717) is 11.5 Å². The van der Waals surface area contributed by atoms with Gasteiger partial charge in [0, 0.05) is 31.6 Å². The summed E-state index contributed by atoms with van der Waals surface area (Å²) in [6.07, 6.45) is 2.62. The van der Waals surface area contributed by atoms with Crippen LogP contribution in [0.5, 0.6) is 0 Å². The molecular formula is C19H23N5O2S2. The van der Waals surface area contributed by atoms with Crippen molar-refractivity contribution in [3.63, 3.8) is 0 Å². The first-order valence-corrected chi connectivity index (χ1v) is 11.1. The van der Waals surface area contributed by atoms with E-state index in [1.165, 1.54) is 11.3 Å². The fourth-order valence-electron chi connectivity index (χ4n) is 3.49. The highest BCUT2D eigenvalue weighted by Gasteiger charge is 2.24. The molecule has 0 aliphatic carbocycles. The van der Waals surface area contributed by atoms with Crippen LogP contribution in [0.3, 0.4) is 0 Å². The second-order valence-electron chi connectivity index (χ2n) is 6.75. The molecule has 1 aliphatic heterocycles. The Morgan fingerprint density at radius 3 is 2.71 bits per heavy atom. The Bertz CT molecular complexity index is 1000. The Hall–Kier alpha value is -2.26. The van der Waals surface area contributed by atoms with E-state index in [1.807, 2.05) is 20.8 Å². The number of carbonyl (C=O) groups excluding carboxylic acids is 1. The van der Waals surface area contributed by atoms with Crippen LogP contribution in [-0.4, -0.2) is 53.7 Å². The average Bonchev–Trinajstić information content (AvgIpc) is 3.17. The molecule has 0 spiro atoms. The minimum Gasteiger partial charge on any atom is -0.462 e. The molecule has 4 rings (SSSR count). The Balaban J connectivity index is 1.62. The van der Waals surface area contributed by atoms with E-state index in [2.05, 4.69) is 30.1 Å². The smallest absolute Gasteiger partial charge is 0.348 e. The number of nitrogens with zero attached hydrogens (tertiary/aromatic N) is 5. The molecule has 0 saturated carbocycles. The second-order valence-corrected chi connectivity index (χ2v) is 8.59. The summed E-state index contributed by atoms with van der Waals surface area (Å²) in [4.78, 5) is 32.0. The quantitative estimate of drug-likeness (QED) is 0.600. The SMILES string of the molecule is CCOC(=O)c1sc2ncnc(N3CCCN(c4nc(C)cs4)CC3)c2c1C. The van der Waals surface area contributed by atoms with E-state index in [4.69, 9.17) is 4.74 Å². The largest absolute Gasteiger partial charge is 0.462 e. The zero-order valence-corrected chi connectivity index (χ0v) is 17.9. The van der Waals surface area contributed by atoms with E-state index in [1.54, 1.807) is 17.7 Å². The summed E-state index contributed by atoms with van der Waals surface area (Å²) in [7, 11) is 0. The molecule has 3 aromatic rings. The minimum atomic E-state index is -0.282. The Morgan fingerprint density at radius 2 is 1.96 bits per heavy atom. The number of thiazole rings is 1. The summed E-state index contributed by atoms with van der Waals surface area (Å²) < 4.78 is 5.21. The summed E-state index contributed by atoms with van der Waals surface area (Å²) in [5.41, 5.74) is 1.98. The maximum atomic E-state index is 12.3. The van der Waals surface area contributed by atoms with Gasteiger partial charge in [0.25, 0.3) is 0 Å². The van der Waals surface area contributed by atoms with E-state index in [-0.39, 0.29) is 5.97 Å². The van der Waals surface area contributed by atoms with Gasteiger partial charge < -0.3 is 14.5 Å². The van der Waals surface area contributed by atoms with E-state index < -0.39 is 0 Å². The fraction of sp³-hybridized carbons (Fsp3) is 0.474. The standard InChI is InChI=1S/C19H23N5O2S2/c1-4-26-18(25)15-13(3)14-16(20-11-21-17(14)28-15)23-6-5-7-24(9-8-23)19-22-12(2)10-27-19/h10-11H,4-9H2,1-3H3. The van der Waals surface area contributed by atoms with Gasteiger partial charge in [-0.3, -0.25) is 0 Å². The molecule has 4 heterocycles. The van der Waals surface area contributed by atoms with Gasteiger partial charge >= 0.3 is 5.97 Å². The van der Waals surface area contributed by atoms with Crippen molar-refractivity contribution in [2.75, 3.05) is 42.6 Å². The monoisotopic (exact) mass is 417 g/mol. The molecule has 0 N–H and O–H groups in total. The van der Waals surface area contributed by atoms with Crippen molar-refractivity contribution in [2.45, 2.75) is 27.2 Å². The van der Waals surface area contributed by atoms with Crippen molar-refractivity contribution in [2.24, 2.45) is 0 Å². The molecule has 28 heavy (non-hydrogen) atoms. The van der Waals surface area contributed by atoms with Gasteiger partial charge in [-0.1, -0.05) is 0 Å². The van der Waals surface area contributed by atoms with Crippen LogP contribution >= 0.6 is 22.7 Å². The number of ether oxygens (including phenoxy) is 1. The molecule has 1 saturated heterocycles. The molecule has 1 fully saturated rings. The third kappa shape index (κ3) is 3.56. The topological polar surface area (TPSA) is 71.5 Å². The molecule has 0 aromatic carbocycles. The van der Waals surface area contributed by atoms with Gasteiger partial charge in [0.2, 0.25) is 0 Å². The van der Waals surface area contributed by atoms with Crippen LogP contribution in [0.4, 0.5) is 10.9 Å². The highest BCUT2D eigenvalue weighted by atomic mass is 32.1. The maximum absolute atomic E-state index is 12.3. The molecule has 0 atom stereocenters. The number of thiophene rings is 1. The third-order valence-electron chi connectivity index (χ3n) is 4.84. The number of carbonyl (C=O) groups is 1. The van der Waals surface area contributed by atoms with Gasteiger partial charge in [-0.15, -0.1) is 22.7 Å². The molecule has 148 valence electrons.